The fraction of sp³-hybridized carbons (Fsp3) is 0.435. The van der Waals surface area contributed by atoms with Gasteiger partial charge in [0.2, 0.25) is 5.91 Å². The summed E-state index contributed by atoms with van der Waals surface area (Å²) in [6.07, 6.45) is 2.55. The van der Waals surface area contributed by atoms with Crippen LogP contribution in [0.2, 0.25) is 0 Å². The zero-order chi connectivity index (χ0) is 17.9. The molecule has 2 aromatic rings. The predicted molar refractivity (Wildman–Crippen MR) is 103 cm³/mol. The number of benzene rings is 2. The summed E-state index contributed by atoms with van der Waals surface area (Å²) in [4.78, 5) is 15.2. The molecule has 3 nitrogen and oxygen atoms in total. The first-order valence-corrected chi connectivity index (χ1v) is 9.74. The molecular formula is C23H27NO2. The van der Waals surface area contributed by atoms with Crippen LogP contribution in [-0.2, 0) is 16.0 Å². The molecular weight excluding hydrogens is 322 g/mol. The highest BCUT2D eigenvalue weighted by molar-refractivity contribution is 5.77. The molecule has 3 heteroatoms. The Bertz CT molecular complexity index is 752. The number of hydrogen-bond acceptors (Lipinski definition) is 2. The van der Waals surface area contributed by atoms with Gasteiger partial charge in [-0.2, -0.15) is 0 Å². The summed E-state index contributed by atoms with van der Waals surface area (Å²) in [5.74, 6) is 0.885. The number of hydrogen-bond donors (Lipinski definition) is 0. The molecule has 0 aliphatic carbocycles. The van der Waals surface area contributed by atoms with Crippen molar-refractivity contribution in [1.82, 2.24) is 4.90 Å². The van der Waals surface area contributed by atoms with Crippen molar-refractivity contribution in [2.24, 2.45) is 5.92 Å². The van der Waals surface area contributed by atoms with Crippen molar-refractivity contribution < 1.29 is 9.53 Å². The van der Waals surface area contributed by atoms with Crippen LogP contribution in [0.3, 0.4) is 0 Å². The molecule has 2 aliphatic heterocycles. The molecule has 0 spiro atoms. The smallest absolute Gasteiger partial charge is 0.223 e. The van der Waals surface area contributed by atoms with Gasteiger partial charge in [-0.3, -0.25) is 4.79 Å². The molecule has 0 N–H and O–H groups in total. The van der Waals surface area contributed by atoms with Crippen molar-refractivity contribution in [3.05, 3.63) is 71.3 Å². The molecule has 4 rings (SSSR count). The van der Waals surface area contributed by atoms with E-state index in [1.54, 1.807) is 0 Å². The average Bonchev–Trinajstić information content (AvgIpc) is 3.12. The third-order valence-electron chi connectivity index (χ3n) is 5.95. The lowest BCUT2D eigenvalue weighted by Gasteiger charge is -2.34. The number of carbonyl (C=O) groups excluding carboxylic acids is 1. The number of amides is 1. The van der Waals surface area contributed by atoms with Crippen LogP contribution in [0.1, 0.15) is 42.4 Å². The second-order valence-electron chi connectivity index (χ2n) is 7.60. The lowest BCUT2D eigenvalue weighted by Crippen LogP contribution is -2.42. The van der Waals surface area contributed by atoms with Gasteiger partial charge in [-0.15, -0.1) is 0 Å². The molecule has 1 fully saturated rings. The van der Waals surface area contributed by atoms with Crippen molar-refractivity contribution in [2.75, 3.05) is 19.8 Å². The largest absolute Gasteiger partial charge is 0.381 e. The second-order valence-corrected chi connectivity index (χ2v) is 7.60. The first kappa shape index (κ1) is 17.3. The Hall–Kier alpha value is -2.13. The fourth-order valence-electron chi connectivity index (χ4n) is 4.53. The molecule has 26 heavy (non-hydrogen) atoms. The summed E-state index contributed by atoms with van der Waals surface area (Å²) < 4.78 is 5.47. The van der Waals surface area contributed by atoms with Gasteiger partial charge < -0.3 is 9.64 Å². The standard InChI is InChI=1S/C23H27NO2/c1-17-23(20-8-3-2-4-9-20)21-10-6-5-7-19(21)11-13-24(17)22(25)15-18-12-14-26-16-18/h2-10,17-18,23H,11-16H2,1H3/t17-,18+,23-/m1/s1. The minimum atomic E-state index is 0.149. The van der Waals surface area contributed by atoms with Crippen molar-refractivity contribution in [3.8, 4) is 0 Å². The van der Waals surface area contributed by atoms with Crippen LogP contribution < -0.4 is 0 Å². The number of ether oxygens (including phenoxy) is 1. The maximum atomic E-state index is 13.1. The van der Waals surface area contributed by atoms with E-state index in [-0.39, 0.29) is 17.9 Å². The van der Waals surface area contributed by atoms with E-state index >= 15 is 0 Å². The molecule has 2 aliphatic rings. The zero-order valence-electron chi connectivity index (χ0n) is 15.4. The van der Waals surface area contributed by atoms with Crippen LogP contribution in [0, 0.1) is 5.92 Å². The highest BCUT2D eigenvalue weighted by atomic mass is 16.5. The number of fused-ring (bicyclic) bond motifs is 1. The summed E-state index contributed by atoms with van der Waals surface area (Å²) in [7, 11) is 0. The van der Waals surface area contributed by atoms with Gasteiger partial charge in [0.1, 0.15) is 0 Å². The Kier molecular flexibility index (Phi) is 5.07. The van der Waals surface area contributed by atoms with Crippen LogP contribution in [0.15, 0.2) is 54.6 Å². The normalized spacial score (nSPS) is 25.6. The van der Waals surface area contributed by atoms with E-state index in [4.69, 9.17) is 4.74 Å². The van der Waals surface area contributed by atoms with Crippen molar-refractivity contribution >= 4 is 5.91 Å². The highest BCUT2D eigenvalue weighted by Crippen LogP contribution is 2.36. The Morgan fingerprint density at radius 1 is 1.12 bits per heavy atom. The van der Waals surface area contributed by atoms with E-state index in [1.807, 2.05) is 0 Å². The summed E-state index contributed by atoms with van der Waals surface area (Å²) in [5, 5.41) is 0. The van der Waals surface area contributed by atoms with Crippen LogP contribution in [0.5, 0.6) is 0 Å². The molecule has 0 aromatic heterocycles. The SMILES string of the molecule is C[C@@H]1[C@H](c2ccccc2)c2ccccc2CCN1C(=O)C[C@@H]1CCOC1. The predicted octanol–water partition coefficient (Wildman–Crippen LogP) is 4.02. The number of nitrogens with zero attached hydrogens (tertiary/aromatic N) is 1. The maximum absolute atomic E-state index is 13.1. The lowest BCUT2D eigenvalue weighted by molar-refractivity contribution is -0.134. The first-order chi connectivity index (χ1) is 12.7. The first-order valence-electron chi connectivity index (χ1n) is 9.74. The van der Waals surface area contributed by atoms with E-state index in [9.17, 15) is 4.79 Å². The van der Waals surface area contributed by atoms with Crippen LogP contribution in [0.25, 0.3) is 0 Å². The summed E-state index contributed by atoms with van der Waals surface area (Å²) >= 11 is 0. The molecule has 1 saturated heterocycles. The Morgan fingerprint density at radius 2 is 1.88 bits per heavy atom. The lowest BCUT2D eigenvalue weighted by atomic mass is 9.83. The Balaban J connectivity index is 1.66. The van der Waals surface area contributed by atoms with E-state index in [1.165, 1.54) is 16.7 Å². The van der Waals surface area contributed by atoms with E-state index in [0.717, 1.165) is 32.6 Å². The third kappa shape index (κ3) is 3.41. The van der Waals surface area contributed by atoms with Gasteiger partial charge in [-0.25, -0.2) is 0 Å². The fourth-order valence-corrected chi connectivity index (χ4v) is 4.53. The van der Waals surface area contributed by atoms with Crippen molar-refractivity contribution in [3.63, 3.8) is 0 Å². The molecule has 1 amide bonds. The van der Waals surface area contributed by atoms with Gasteiger partial charge in [0, 0.05) is 38.1 Å². The zero-order valence-corrected chi connectivity index (χ0v) is 15.4. The van der Waals surface area contributed by atoms with Gasteiger partial charge in [-0.1, -0.05) is 54.6 Å². The van der Waals surface area contributed by atoms with Crippen molar-refractivity contribution in [2.45, 2.75) is 38.1 Å². The van der Waals surface area contributed by atoms with Gasteiger partial charge in [0.25, 0.3) is 0 Å². The average molecular weight is 349 g/mol. The Labute approximate surface area is 156 Å². The van der Waals surface area contributed by atoms with Gasteiger partial charge in [0.05, 0.1) is 0 Å². The quantitative estimate of drug-likeness (QED) is 0.838. The van der Waals surface area contributed by atoms with E-state index < -0.39 is 0 Å². The third-order valence-corrected chi connectivity index (χ3v) is 5.95. The van der Waals surface area contributed by atoms with E-state index in [2.05, 4.69) is 66.4 Å². The molecule has 0 radical (unpaired) electrons. The highest BCUT2D eigenvalue weighted by Gasteiger charge is 2.34. The summed E-state index contributed by atoms with van der Waals surface area (Å²) in [6.45, 7) is 4.54. The monoisotopic (exact) mass is 349 g/mol. The van der Waals surface area contributed by atoms with E-state index in [0.29, 0.717) is 12.3 Å². The summed E-state index contributed by atoms with van der Waals surface area (Å²) in [5.41, 5.74) is 4.02. The minimum Gasteiger partial charge on any atom is -0.381 e. The van der Waals surface area contributed by atoms with Gasteiger partial charge in [0.15, 0.2) is 0 Å². The Morgan fingerprint density at radius 3 is 2.65 bits per heavy atom. The van der Waals surface area contributed by atoms with Crippen LogP contribution in [0.4, 0.5) is 0 Å². The molecule has 3 atom stereocenters. The van der Waals surface area contributed by atoms with Crippen molar-refractivity contribution in [1.29, 1.82) is 0 Å². The molecule has 2 aromatic carbocycles. The number of rotatable bonds is 3. The molecule has 136 valence electrons. The van der Waals surface area contributed by atoms with Gasteiger partial charge >= 0.3 is 0 Å². The maximum Gasteiger partial charge on any atom is 0.223 e. The van der Waals surface area contributed by atoms with Crippen LogP contribution in [-0.4, -0.2) is 36.6 Å². The molecule has 0 saturated carbocycles. The molecule has 0 unspecified atom stereocenters. The molecule has 2 heterocycles. The molecule has 0 bridgehead atoms. The topological polar surface area (TPSA) is 29.5 Å². The minimum absolute atomic E-state index is 0.149. The van der Waals surface area contributed by atoms with Gasteiger partial charge in [-0.05, 0) is 42.4 Å². The summed E-state index contributed by atoms with van der Waals surface area (Å²) in [6, 6.07) is 19.5. The van der Waals surface area contributed by atoms with Crippen LogP contribution >= 0.6 is 0 Å². The number of carbonyl (C=O) groups is 1. The second kappa shape index (κ2) is 7.63.